The summed E-state index contributed by atoms with van der Waals surface area (Å²) < 4.78 is 10.5. The Hall–Kier alpha value is -3.06. The van der Waals surface area contributed by atoms with Crippen molar-refractivity contribution in [3.8, 4) is 11.5 Å². The lowest BCUT2D eigenvalue weighted by Crippen LogP contribution is -2.41. The first kappa shape index (κ1) is 22.6. The van der Waals surface area contributed by atoms with E-state index in [2.05, 4.69) is 22.5 Å². The maximum atomic E-state index is 12.7. The monoisotopic (exact) mass is 425 g/mol. The molecule has 0 radical (unpaired) electrons. The molecule has 0 aromatic heterocycles. The van der Waals surface area contributed by atoms with Crippen LogP contribution in [0, 0.1) is 5.92 Å². The van der Waals surface area contributed by atoms with Gasteiger partial charge >= 0.3 is 0 Å². The van der Waals surface area contributed by atoms with Gasteiger partial charge in [0.05, 0.1) is 26.5 Å². The summed E-state index contributed by atoms with van der Waals surface area (Å²) in [6.45, 7) is 3.78. The third-order valence-corrected chi connectivity index (χ3v) is 5.66. The number of likely N-dealkylation sites (tertiary alicyclic amines) is 1. The van der Waals surface area contributed by atoms with Crippen molar-refractivity contribution in [1.82, 2.24) is 4.90 Å². The van der Waals surface area contributed by atoms with E-state index in [4.69, 9.17) is 9.47 Å². The fourth-order valence-corrected chi connectivity index (χ4v) is 3.83. The quantitative estimate of drug-likeness (QED) is 0.676. The fourth-order valence-electron chi connectivity index (χ4n) is 3.83. The number of amides is 2. The number of nitrogens with zero attached hydrogens (tertiary/aromatic N) is 1. The predicted molar refractivity (Wildman–Crippen MR) is 122 cm³/mol. The summed E-state index contributed by atoms with van der Waals surface area (Å²) in [6, 6.07) is 13.2. The van der Waals surface area contributed by atoms with Crippen LogP contribution in [0.1, 0.15) is 25.3 Å². The summed E-state index contributed by atoms with van der Waals surface area (Å²) in [5.41, 5.74) is 2.64. The number of methoxy groups -OCH3 is 2. The van der Waals surface area contributed by atoms with Gasteiger partial charge in [-0.05, 0) is 56.1 Å². The van der Waals surface area contributed by atoms with Crippen LogP contribution in [0.2, 0.25) is 0 Å². The van der Waals surface area contributed by atoms with Crippen molar-refractivity contribution in [2.75, 3.05) is 44.5 Å². The molecule has 2 N–H and O–H groups in total. The predicted octanol–water partition coefficient (Wildman–Crippen LogP) is 3.56. The molecule has 1 fully saturated rings. The zero-order valence-corrected chi connectivity index (χ0v) is 18.4. The van der Waals surface area contributed by atoms with Gasteiger partial charge in [0.1, 0.15) is 11.5 Å². The van der Waals surface area contributed by atoms with E-state index < -0.39 is 0 Å². The maximum absolute atomic E-state index is 12.7. The molecule has 1 aliphatic heterocycles. The highest BCUT2D eigenvalue weighted by atomic mass is 16.5. The lowest BCUT2D eigenvalue weighted by molar-refractivity contribution is -0.121. The Morgan fingerprint density at radius 2 is 1.74 bits per heavy atom. The van der Waals surface area contributed by atoms with E-state index in [1.54, 1.807) is 32.4 Å². The number of rotatable bonds is 8. The molecule has 0 unspecified atom stereocenters. The smallest absolute Gasteiger partial charge is 0.238 e. The van der Waals surface area contributed by atoms with Crippen LogP contribution in [-0.2, 0) is 16.0 Å². The van der Waals surface area contributed by atoms with Crippen LogP contribution in [0.5, 0.6) is 11.5 Å². The van der Waals surface area contributed by atoms with Gasteiger partial charge in [-0.1, -0.05) is 25.1 Å². The zero-order valence-electron chi connectivity index (χ0n) is 18.4. The average molecular weight is 426 g/mol. The third-order valence-electron chi connectivity index (χ3n) is 5.66. The lowest BCUT2D eigenvalue weighted by atomic mass is 9.95. The van der Waals surface area contributed by atoms with Crippen molar-refractivity contribution in [2.45, 2.75) is 26.2 Å². The molecule has 2 aromatic carbocycles. The molecule has 0 aliphatic carbocycles. The summed E-state index contributed by atoms with van der Waals surface area (Å²) in [6.07, 6.45) is 2.35. The summed E-state index contributed by atoms with van der Waals surface area (Å²) in [5.74, 6) is 1.13. The highest BCUT2D eigenvalue weighted by Gasteiger charge is 2.26. The molecule has 166 valence electrons. The fraction of sp³-hybridized carbons (Fsp3) is 0.417. The number of piperidine rings is 1. The van der Waals surface area contributed by atoms with E-state index in [1.807, 2.05) is 24.3 Å². The van der Waals surface area contributed by atoms with Gasteiger partial charge in [0.2, 0.25) is 11.8 Å². The molecular weight excluding hydrogens is 394 g/mol. The van der Waals surface area contributed by atoms with E-state index in [0.29, 0.717) is 30.3 Å². The standard InChI is InChI=1S/C24H31N3O4/c1-4-17-7-5-6-8-20(17)26-24(29)18-11-13-27(14-12-18)16-23(28)25-21-10-9-19(30-2)15-22(21)31-3/h5-10,15,18H,4,11-14,16H2,1-3H3,(H,25,28)(H,26,29). The Bertz CT molecular complexity index is 907. The first-order valence-corrected chi connectivity index (χ1v) is 10.7. The molecule has 0 bridgehead atoms. The van der Waals surface area contributed by atoms with Gasteiger partial charge < -0.3 is 20.1 Å². The number of hydrogen-bond acceptors (Lipinski definition) is 5. The summed E-state index contributed by atoms with van der Waals surface area (Å²) >= 11 is 0. The molecular formula is C24H31N3O4. The second-order valence-electron chi connectivity index (χ2n) is 7.66. The van der Waals surface area contributed by atoms with Crippen LogP contribution in [0.25, 0.3) is 0 Å². The number of ether oxygens (including phenoxy) is 2. The van der Waals surface area contributed by atoms with Crippen LogP contribution in [-0.4, -0.2) is 50.6 Å². The molecule has 7 heteroatoms. The number of aryl methyl sites for hydroxylation is 1. The van der Waals surface area contributed by atoms with E-state index in [0.717, 1.165) is 30.5 Å². The molecule has 31 heavy (non-hydrogen) atoms. The SMILES string of the molecule is CCc1ccccc1NC(=O)C1CCN(CC(=O)Nc2ccc(OC)cc2OC)CC1. The zero-order chi connectivity index (χ0) is 22.2. The number of para-hydroxylation sites is 1. The molecule has 1 saturated heterocycles. The normalized spacial score (nSPS) is 14.7. The Morgan fingerprint density at radius 1 is 1.00 bits per heavy atom. The van der Waals surface area contributed by atoms with Gasteiger partial charge in [-0.25, -0.2) is 0 Å². The first-order chi connectivity index (χ1) is 15.0. The summed E-state index contributed by atoms with van der Waals surface area (Å²) in [4.78, 5) is 27.3. The lowest BCUT2D eigenvalue weighted by Gasteiger charge is -2.31. The minimum Gasteiger partial charge on any atom is -0.497 e. The number of benzene rings is 2. The Labute approximate surface area is 183 Å². The van der Waals surface area contributed by atoms with Crippen molar-refractivity contribution >= 4 is 23.2 Å². The van der Waals surface area contributed by atoms with Gasteiger partial charge in [0.15, 0.2) is 0 Å². The average Bonchev–Trinajstić information content (AvgIpc) is 2.80. The van der Waals surface area contributed by atoms with Gasteiger partial charge in [-0.2, -0.15) is 0 Å². The van der Waals surface area contributed by atoms with Crippen molar-refractivity contribution < 1.29 is 19.1 Å². The molecule has 0 spiro atoms. The molecule has 0 saturated carbocycles. The Balaban J connectivity index is 1.48. The van der Waals surface area contributed by atoms with E-state index in [9.17, 15) is 9.59 Å². The van der Waals surface area contributed by atoms with Crippen molar-refractivity contribution in [2.24, 2.45) is 5.92 Å². The first-order valence-electron chi connectivity index (χ1n) is 10.7. The van der Waals surface area contributed by atoms with Gasteiger partial charge in [-0.3, -0.25) is 14.5 Å². The van der Waals surface area contributed by atoms with Gasteiger partial charge in [0.25, 0.3) is 0 Å². The van der Waals surface area contributed by atoms with E-state index >= 15 is 0 Å². The van der Waals surface area contributed by atoms with Crippen molar-refractivity contribution in [3.63, 3.8) is 0 Å². The second-order valence-corrected chi connectivity index (χ2v) is 7.66. The van der Waals surface area contributed by atoms with Crippen LogP contribution in [0.15, 0.2) is 42.5 Å². The number of nitrogens with one attached hydrogen (secondary N) is 2. The molecule has 7 nitrogen and oxygen atoms in total. The van der Waals surface area contributed by atoms with Crippen LogP contribution in [0.4, 0.5) is 11.4 Å². The van der Waals surface area contributed by atoms with Gasteiger partial charge in [-0.15, -0.1) is 0 Å². The van der Waals surface area contributed by atoms with Crippen LogP contribution in [0.3, 0.4) is 0 Å². The number of carbonyl (C=O) groups excluding carboxylic acids is 2. The molecule has 2 aromatic rings. The topological polar surface area (TPSA) is 79.9 Å². The third kappa shape index (κ3) is 5.98. The van der Waals surface area contributed by atoms with Crippen LogP contribution >= 0.6 is 0 Å². The number of hydrogen-bond donors (Lipinski definition) is 2. The van der Waals surface area contributed by atoms with Crippen molar-refractivity contribution in [3.05, 3.63) is 48.0 Å². The molecule has 1 heterocycles. The van der Waals surface area contributed by atoms with Crippen LogP contribution < -0.4 is 20.1 Å². The van der Waals surface area contributed by atoms with Crippen molar-refractivity contribution in [1.29, 1.82) is 0 Å². The Kier molecular flexibility index (Phi) is 7.89. The number of carbonyl (C=O) groups is 2. The second kappa shape index (κ2) is 10.8. The molecule has 0 atom stereocenters. The minimum absolute atomic E-state index is 0.0362. The Morgan fingerprint density at radius 3 is 2.42 bits per heavy atom. The summed E-state index contributed by atoms with van der Waals surface area (Å²) in [7, 11) is 3.14. The maximum Gasteiger partial charge on any atom is 0.238 e. The number of anilines is 2. The molecule has 3 rings (SSSR count). The highest BCUT2D eigenvalue weighted by molar-refractivity contribution is 5.94. The van der Waals surface area contributed by atoms with E-state index in [-0.39, 0.29) is 24.3 Å². The molecule has 1 aliphatic rings. The molecule has 2 amide bonds. The summed E-state index contributed by atoms with van der Waals surface area (Å²) in [5, 5.41) is 5.98. The van der Waals surface area contributed by atoms with Gasteiger partial charge in [0, 0.05) is 17.7 Å². The van der Waals surface area contributed by atoms with E-state index in [1.165, 1.54) is 0 Å². The highest BCUT2D eigenvalue weighted by Crippen LogP contribution is 2.29. The largest absolute Gasteiger partial charge is 0.497 e. The minimum atomic E-state index is -0.108.